The Morgan fingerprint density at radius 1 is 1.35 bits per heavy atom. The van der Waals surface area contributed by atoms with Gasteiger partial charge in [0.25, 0.3) is 0 Å². The number of halogens is 1. The summed E-state index contributed by atoms with van der Waals surface area (Å²) in [5, 5.41) is 11.2. The topological polar surface area (TPSA) is 62.2 Å². The van der Waals surface area contributed by atoms with E-state index in [4.69, 9.17) is 5.41 Å². The first-order valence-corrected chi connectivity index (χ1v) is 6.44. The van der Waals surface area contributed by atoms with Crippen LogP contribution in [-0.4, -0.2) is 25.3 Å². The van der Waals surface area contributed by atoms with Gasteiger partial charge in [-0.25, -0.2) is 9.18 Å². The average Bonchev–Trinajstić information content (AvgIpc) is 2.46. The molecule has 0 fully saturated rings. The van der Waals surface area contributed by atoms with Gasteiger partial charge in [0.1, 0.15) is 5.82 Å². The third-order valence-corrected chi connectivity index (χ3v) is 2.79. The molecule has 0 saturated heterocycles. The van der Waals surface area contributed by atoms with Crippen LogP contribution in [0.3, 0.4) is 0 Å². The number of rotatable bonds is 6. The van der Waals surface area contributed by atoms with Crippen LogP contribution in [0, 0.1) is 11.2 Å². The van der Waals surface area contributed by atoms with Crippen molar-refractivity contribution in [3.05, 3.63) is 46.9 Å². The van der Waals surface area contributed by atoms with Gasteiger partial charge in [-0.3, -0.25) is 5.41 Å². The molecule has 0 aliphatic rings. The summed E-state index contributed by atoms with van der Waals surface area (Å²) in [6.45, 7) is 4.61. The number of hydrogen-bond donors (Lipinski definition) is 2. The number of ether oxygens (including phenoxy) is 1. The summed E-state index contributed by atoms with van der Waals surface area (Å²) in [6, 6.07) is 3.80. The number of carbonyl (C=O) groups excluding carboxylic acids is 1. The maximum absolute atomic E-state index is 13.6. The third-order valence-electron chi connectivity index (χ3n) is 2.79. The highest BCUT2D eigenvalue weighted by molar-refractivity contribution is 6.11. The second-order valence-electron chi connectivity index (χ2n) is 4.18. The van der Waals surface area contributed by atoms with Gasteiger partial charge < -0.3 is 10.1 Å². The molecule has 1 rings (SSSR count). The van der Waals surface area contributed by atoms with Gasteiger partial charge in [0.2, 0.25) is 0 Å². The highest BCUT2D eigenvalue weighted by Crippen LogP contribution is 2.16. The highest BCUT2D eigenvalue weighted by atomic mass is 19.1. The molecule has 0 unspecified atom stereocenters. The molecule has 0 bridgehead atoms. The van der Waals surface area contributed by atoms with E-state index in [1.54, 1.807) is 6.20 Å². The summed E-state index contributed by atoms with van der Waals surface area (Å²) in [7, 11) is 1.24. The molecule has 0 spiro atoms. The Kier molecular flexibility index (Phi) is 5.90. The number of hydrogen-bond acceptors (Lipinski definition) is 4. The summed E-state index contributed by atoms with van der Waals surface area (Å²) in [5.41, 5.74) is 1.40. The predicted molar refractivity (Wildman–Crippen MR) is 76.6 cm³/mol. The molecule has 0 atom stereocenters. The Bertz CT molecular complexity index is 539. The Hall–Kier alpha value is -2.17. The summed E-state index contributed by atoms with van der Waals surface area (Å²) in [4.78, 5) is 11.5. The zero-order valence-electron chi connectivity index (χ0n) is 11.9. The van der Waals surface area contributed by atoms with Crippen LogP contribution in [0.2, 0.25) is 0 Å². The van der Waals surface area contributed by atoms with E-state index in [0.717, 1.165) is 18.2 Å². The molecule has 1 aromatic rings. The minimum absolute atomic E-state index is 0.103. The van der Waals surface area contributed by atoms with Crippen molar-refractivity contribution in [3.63, 3.8) is 0 Å². The van der Waals surface area contributed by atoms with Crippen molar-refractivity contribution >= 4 is 11.7 Å². The van der Waals surface area contributed by atoms with Crippen molar-refractivity contribution < 1.29 is 13.9 Å². The molecule has 20 heavy (non-hydrogen) atoms. The van der Waals surface area contributed by atoms with E-state index in [2.05, 4.69) is 10.1 Å². The molecule has 0 saturated carbocycles. The van der Waals surface area contributed by atoms with Crippen LogP contribution in [-0.2, 0) is 4.74 Å². The Morgan fingerprint density at radius 2 is 2.00 bits per heavy atom. The second-order valence-corrected chi connectivity index (χ2v) is 4.18. The van der Waals surface area contributed by atoms with Crippen molar-refractivity contribution in [1.82, 2.24) is 5.32 Å². The van der Waals surface area contributed by atoms with E-state index in [1.807, 2.05) is 13.8 Å². The molecule has 1 aromatic carbocycles. The van der Waals surface area contributed by atoms with Crippen molar-refractivity contribution in [3.8, 4) is 0 Å². The molecular formula is C15H19FN2O2. The fourth-order valence-electron chi connectivity index (χ4n) is 1.73. The van der Waals surface area contributed by atoms with Crippen LogP contribution < -0.4 is 5.32 Å². The van der Waals surface area contributed by atoms with Gasteiger partial charge in [-0.15, -0.1) is 0 Å². The second kappa shape index (κ2) is 7.43. The van der Waals surface area contributed by atoms with Crippen LogP contribution in [0.4, 0.5) is 4.39 Å². The molecule has 0 heterocycles. The lowest BCUT2D eigenvalue weighted by Crippen LogP contribution is -2.11. The maximum atomic E-state index is 13.6. The molecule has 4 nitrogen and oxygen atoms in total. The van der Waals surface area contributed by atoms with Gasteiger partial charge in [-0.05, 0) is 37.1 Å². The van der Waals surface area contributed by atoms with Crippen LogP contribution in [0.5, 0.6) is 0 Å². The zero-order chi connectivity index (χ0) is 15.1. The van der Waals surface area contributed by atoms with Gasteiger partial charge in [0.05, 0.1) is 18.4 Å². The number of methoxy groups -OCH3 is 1. The van der Waals surface area contributed by atoms with Crippen LogP contribution >= 0.6 is 0 Å². The molecule has 108 valence electrons. The van der Waals surface area contributed by atoms with Crippen molar-refractivity contribution in [1.29, 1.82) is 5.41 Å². The van der Waals surface area contributed by atoms with Gasteiger partial charge in [0, 0.05) is 18.3 Å². The smallest absolute Gasteiger partial charge is 0.337 e. The van der Waals surface area contributed by atoms with E-state index < -0.39 is 11.8 Å². The molecule has 0 aliphatic carbocycles. The lowest BCUT2D eigenvalue weighted by Gasteiger charge is -2.10. The summed E-state index contributed by atoms with van der Waals surface area (Å²) >= 11 is 0. The Labute approximate surface area is 118 Å². The van der Waals surface area contributed by atoms with Crippen molar-refractivity contribution in [2.75, 3.05) is 13.7 Å². The molecule has 0 radical (unpaired) electrons. The van der Waals surface area contributed by atoms with E-state index >= 15 is 0 Å². The summed E-state index contributed by atoms with van der Waals surface area (Å²) < 4.78 is 18.1. The molecule has 0 aliphatic heterocycles. The lowest BCUT2D eigenvalue weighted by atomic mass is 9.99. The van der Waals surface area contributed by atoms with Gasteiger partial charge in [-0.1, -0.05) is 6.92 Å². The predicted octanol–water partition coefficient (Wildman–Crippen LogP) is 2.88. The standard InChI is InChI=1S/C15H19FN2O2/c1-4-10(9-18-5-2)14(17)11-6-12(15(19)20-3)8-13(16)7-11/h6-9,17-18H,4-5H2,1-3H3/b10-9-,17-14?. The fraction of sp³-hybridized carbons (Fsp3) is 0.333. The first kappa shape index (κ1) is 15.9. The number of esters is 1. The first-order chi connectivity index (χ1) is 9.53. The molecule has 0 amide bonds. The van der Waals surface area contributed by atoms with Crippen LogP contribution in [0.15, 0.2) is 30.0 Å². The number of allylic oxidation sites excluding steroid dienone is 1. The number of nitrogens with one attached hydrogen (secondary N) is 2. The first-order valence-electron chi connectivity index (χ1n) is 6.44. The van der Waals surface area contributed by atoms with E-state index in [-0.39, 0.29) is 11.3 Å². The van der Waals surface area contributed by atoms with E-state index in [9.17, 15) is 9.18 Å². The molecule has 0 aromatic heterocycles. The van der Waals surface area contributed by atoms with Gasteiger partial charge >= 0.3 is 5.97 Å². The number of carbonyl (C=O) groups is 1. The summed E-state index contributed by atoms with van der Waals surface area (Å²) in [5.74, 6) is -1.18. The normalized spacial score (nSPS) is 11.1. The minimum Gasteiger partial charge on any atom is -0.465 e. The van der Waals surface area contributed by atoms with Crippen molar-refractivity contribution in [2.24, 2.45) is 0 Å². The number of benzene rings is 1. The van der Waals surface area contributed by atoms with Crippen LogP contribution in [0.25, 0.3) is 0 Å². The maximum Gasteiger partial charge on any atom is 0.337 e. The quantitative estimate of drug-likeness (QED) is 0.621. The SMILES string of the molecule is CCN/C=C(/CC)C(=N)c1cc(F)cc(C(=O)OC)c1. The van der Waals surface area contributed by atoms with E-state index in [0.29, 0.717) is 12.0 Å². The lowest BCUT2D eigenvalue weighted by molar-refractivity contribution is 0.0600. The van der Waals surface area contributed by atoms with Crippen molar-refractivity contribution in [2.45, 2.75) is 20.3 Å². The van der Waals surface area contributed by atoms with Crippen LogP contribution in [0.1, 0.15) is 36.2 Å². The van der Waals surface area contributed by atoms with Gasteiger partial charge in [0.15, 0.2) is 0 Å². The molecule has 2 N–H and O–H groups in total. The zero-order valence-corrected chi connectivity index (χ0v) is 11.9. The Morgan fingerprint density at radius 3 is 2.55 bits per heavy atom. The van der Waals surface area contributed by atoms with Gasteiger partial charge in [-0.2, -0.15) is 0 Å². The molecule has 5 heteroatoms. The minimum atomic E-state index is -0.618. The third kappa shape index (κ3) is 3.91. The Balaban J connectivity index is 3.15. The highest BCUT2D eigenvalue weighted by Gasteiger charge is 2.13. The van der Waals surface area contributed by atoms with E-state index in [1.165, 1.54) is 19.2 Å². The summed E-state index contributed by atoms with van der Waals surface area (Å²) in [6.07, 6.45) is 2.38. The largest absolute Gasteiger partial charge is 0.465 e. The monoisotopic (exact) mass is 278 g/mol. The molecular weight excluding hydrogens is 259 g/mol. The average molecular weight is 278 g/mol. The fourth-order valence-corrected chi connectivity index (χ4v) is 1.73.